The van der Waals surface area contributed by atoms with Crippen LogP contribution in [-0.2, 0) is 0 Å². The van der Waals surface area contributed by atoms with E-state index in [0.717, 1.165) is 18.4 Å². The average molecular weight is 170 g/mol. The van der Waals surface area contributed by atoms with Crippen LogP contribution in [0.1, 0.15) is 20.3 Å². The highest BCUT2D eigenvalue weighted by molar-refractivity contribution is 4.84. The molecule has 0 radical (unpaired) electrons. The van der Waals surface area contributed by atoms with Crippen LogP contribution in [0.2, 0.25) is 0 Å². The van der Waals surface area contributed by atoms with Crippen molar-refractivity contribution in [3.8, 4) is 0 Å². The Morgan fingerprint density at radius 3 is 2.50 bits per heavy atom. The fourth-order valence-corrected chi connectivity index (χ4v) is 1.65. The van der Waals surface area contributed by atoms with Gasteiger partial charge in [0, 0.05) is 12.6 Å². The van der Waals surface area contributed by atoms with Crippen molar-refractivity contribution in [2.75, 3.05) is 27.2 Å². The molecule has 0 aliphatic heterocycles. The number of hydrogen-bond acceptors (Lipinski definition) is 2. The van der Waals surface area contributed by atoms with E-state index in [2.05, 4.69) is 38.2 Å². The SMILES string of the molecule is CC(CN(C)C)NCC1CC1C. The van der Waals surface area contributed by atoms with E-state index in [1.165, 1.54) is 13.0 Å². The van der Waals surface area contributed by atoms with Crippen LogP contribution in [0.15, 0.2) is 0 Å². The lowest BCUT2D eigenvalue weighted by Gasteiger charge is -2.18. The van der Waals surface area contributed by atoms with Gasteiger partial charge in [0.05, 0.1) is 0 Å². The molecule has 0 bridgehead atoms. The van der Waals surface area contributed by atoms with Crippen LogP contribution in [0.25, 0.3) is 0 Å². The van der Waals surface area contributed by atoms with Gasteiger partial charge in [0.2, 0.25) is 0 Å². The number of hydrogen-bond donors (Lipinski definition) is 1. The second-order valence-electron chi connectivity index (χ2n) is 4.54. The molecule has 0 amide bonds. The van der Waals surface area contributed by atoms with Crippen LogP contribution in [0.4, 0.5) is 0 Å². The van der Waals surface area contributed by atoms with E-state index in [-0.39, 0.29) is 0 Å². The molecule has 2 nitrogen and oxygen atoms in total. The van der Waals surface area contributed by atoms with Gasteiger partial charge < -0.3 is 10.2 Å². The van der Waals surface area contributed by atoms with Crippen molar-refractivity contribution in [3.63, 3.8) is 0 Å². The molecule has 0 aromatic heterocycles. The van der Waals surface area contributed by atoms with E-state index in [4.69, 9.17) is 0 Å². The van der Waals surface area contributed by atoms with Crippen LogP contribution < -0.4 is 5.32 Å². The minimum absolute atomic E-state index is 0.632. The highest BCUT2D eigenvalue weighted by Gasteiger charge is 2.31. The number of nitrogens with one attached hydrogen (secondary N) is 1. The van der Waals surface area contributed by atoms with Gasteiger partial charge in [0.25, 0.3) is 0 Å². The molecule has 0 saturated heterocycles. The summed E-state index contributed by atoms with van der Waals surface area (Å²) < 4.78 is 0. The van der Waals surface area contributed by atoms with Crippen LogP contribution in [0.3, 0.4) is 0 Å². The summed E-state index contributed by atoms with van der Waals surface area (Å²) in [6.07, 6.45) is 1.43. The molecule has 3 unspecified atom stereocenters. The molecular weight excluding hydrogens is 148 g/mol. The maximum Gasteiger partial charge on any atom is 0.0166 e. The first-order valence-corrected chi connectivity index (χ1v) is 4.97. The predicted octanol–water partition coefficient (Wildman–Crippen LogP) is 1.18. The first-order valence-electron chi connectivity index (χ1n) is 4.97. The molecular formula is C10H22N2. The molecule has 2 heteroatoms. The third kappa shape index (κ3) is 3.55. The Bertz CT molecular complexity index is 134. The first kappa shape index (κ1) is 10.0. The van der Waals surface area contributed by atoms with E-state index in [9.17, 15) is 0 Å². The van der Waals surface area contributed by atoms with Crippen molar-refractivity contribution in [1.82, 2.24) is 10.2 Å². The molecule has 3 atom stereocenters. The smallest absolute Gasteiger partial charge is 0.0166 e. The summed E-state index contributed by atoms with van der Waals surface area (Å²) in [5, 5.41) is 3.56. The summed E-state index contributed by atoms with van der Waals surface area (Å²) >= 11 is 0. The van der Waals surface area contributed by atoms with Gasteiger partial charge in [-0.05, 0) is 45.8 Å². The molecule has 12 heavy (non-hydrogen) atoms. The highest BCUT2D eigenvalue weighted by atomic mass is 15.1. The Morgan fingerprint density at radius 1 is 1.50 bits per heavy atom. The molecule has 72 valence electrons. The lowest BCUT2D eigenvalue weighted by Crippen LogP contribution is -2.36. The summed E-state index contributed by atoms with van der Waals surface area (Å²) in [4.78, 5) is 2.23. The van der Waals surface area contributed by atoms with Gasteiger partial charge in [-0.1, -0.05) is 6.92 Å². The van der Waals surface area contributed by atoms with Crippen LogP contribution in [-0.4, -0.2) is 38.1 Å². The molecule has 1 saturated carbocycles. The Balaban J connectivity index is 1.98. The van der Waals surface area contributed by atoms with E-state index in [0.29, 0.717) is 6.04 Å². The Labute approximate surface area is 76.3 Å². The molecule has 1 aliphatic carbocycles. The Morgan fingerprint density at radius 2 is 2.08 bits per heavy atom. The maximum atomic E-state index is 3.56. The second-order valence-corrected chi connectivity index (χ2v) is 4.54. The summed E-state index contributed by atoms with van der Waals surface area (Å²) in [6, 6.07) is 0.632. The minimum Gasteiger partial charge on any atom is -0.313 e. The zero-order valence-electron chi connectivity index (χ0n) is 8.80. The van der Waals surface area contributed by atoms with Crippen molar-refractivity contribution in [1.29, 1.82) is 0 Å². The van der Waals surface area contributed by atoms with E-state index in [1.807, 2.05) is 0 Å². The van der Waals surface area contributed by atoms with E-state index >= 15 is 0 Å². The third-order valence-corrected chi connectivity index (χ3v) is 2.64. The second kappa shape index (κ2) is 4.24. The summed E-state index contributed by atoms with van der Waals surface area (Å²) in [7, 11) is 4.25. The van der Waals surface area contributed by atoms with Crippen LogP contribution in [0.5, 0.6) is 0 Å². The van der Waals surface area contributed by atoms with Gasteiger partial charge in [-0.3, -0.25) is 0 Å². The van der Waals surface area contributed by atoms with E-state index in [1.54, 1.807) is 0 Å². The van der Waals surface area contributed by atoms with Crippen molar-refractivity contribution in [2.24, 2.45) is 11.8 Å². The normalized spacial score (nSPS) is 30.8. The standard InChI is InChI=1S/C10H22N2/c1-8-5-10(8)6-11-9(2)7-12(3)4/h8-11H,5-7H2,1-4H3. The van der Waals surface area contributed by atoms with Crippen molar-refractivity contribution >= 4 is 0 Å². The van der Waals surface area contributed by atoms with Gasteiger partial charge in [-0.2, -0.15) is 0 Å². The number of rotatable bonds is 5. The van der Waals surface area contributed by atoms with Gasteiger partial charge in [0.1, 0.15) is 0 Å². The highest BCUT2D eigenvalue weighted by Crippen LogP contribution is 2.36. The molecule has 1 rings (SSSR count). The topological polar surface area (TPSA) is 15.3 Å². The van der Waals surface area contributed by atoms with Crippen LogP contribution in [0, 0.1) is 11.8 Å². The average Bonchev–Trinajstić information content (AvgIpc) is 2.61. The summed E-state index contributed by atoms with van der Waals surface area (Å²) in [5.74, 6) is 1.94. The predicted molar refractivity (Wildman–Crippen MR) is 53.3 cm³/mol. The molecule has 0 aromatic rings. The van der Waals surface area contributed by atoms with Crippen molar-refractivity contribution in [3.05, 3.63) is 0 Å². The molecule has 1 N–H and O–H groups in total. The van der Waals surface area contributed by atoms with Crippen molar-refractivity contribution in [2.45, 2.75) is 26.3 Å². The lowest BCUT2D eigenvalue weighted by molar-refractivity contribution is 0.346. The lowest BCUT2D eigenvalue weighted by atomic mass is 10.3. The molecule has 0 heterocycles. The van der Waals surface area contributed by atoms with Gasteiger partial charge in [0.15, 0.2) is 0 Å². The monoisotopic (exact) mass is 170 g/mol. The van der Waals surface area contributed by atoms with Crippen LogP contribution >= 0.6 is 0 Å². The number of nitrogens with zero attached hydrogens (tertiary/aromatic N) is 1. The first-order chi connectivity index (χ1) is 5.59. The van der Waals surface area contributed by atoms with E-state index < -0.39 is 0 Å². The quantitative estimate of drug-likeness (QED) is 0.666. The van der Waals surface area contributed by atoms with Crippen molar-refractivity contribution < 1.29 is 0 Å². The van der Waals surface area contributed by atoms with Gasteiger partial charge in [-0.25, -0.2) is 0 Å². The molecule has 0 aromatic carbocycles. The number of likely N-dealkylation sites (N-methyl/N-ethyl adjacent to an activating group) is 1. The minimum atomic E-state index is 0.632. The summed E-state index contributed by atoms with van der Waals surface area (Å²) in [6.45, 7) is 6.95. The zero-order chi connectivity index (χ0) is 9.14. The molecule has 1 fully saturated rings. The maximum absolute atomic E-state index is 3.56. The van der Waals surface area contributed by atoms with Gasteiger partial charge in [-0.15, -0.1) is 0 Å². The fourth-order valence-electron chi connectivity index (χ4n) is 1.65. The fraction of sp³-hybridized carbons (Fsp3) is 1.00. The largest absolute Gasteiger partial charge is 0.313 e. The van der Waals surface area contributed by atoms with Gasteiger partial charge >= 0.3 is 0 Å². The molecule has 0 spiro atoms. The molecule has 1 aliphatic rings. The zero-order valence-corrected chi connectivity index (χ0v) is 8.80. The third-order valence-electron chi connectivity index (χ3n) is 2.64. The summed E-state index contributed by atoms with van der Waals surface area (Å²) in [5.41, 5.74) is 0. The Kier molecular flexibility index (Phi) is 3.53. The Hall–Kier alpha value is -0.0800.